The van der Waals surface area contributed by atoms with E-state index in [4.69, 9.17) is 14.2 Å². The average Bonchev–Trinajstić information content (AvgIpc) is 3.07. The summed E-state index contributed by atoms with van der Waals surface area (Å²) in [7, 11) is 1.64. The lowest BCUT2D eigenvalue weighted by atomic mass is 9.79. The van der Waals surface area contributed by atoms with Gasteiger partial charge in [0.1, 0.15) is 0 Å². The van der Waals surface area contributed by atoms with E-state index in [1.807, 2.05) is 12.1 Å². The van der Waals surface area contributed by atoms with E-state index in [0.29, 0.717) is 18.4 Å². The number of nitrogens with zero attached hydrogens (tertiary/aromatic N) is 3. The van der Waals surface area contributed by atoms with E-state index in [9.17, 15) is 4.39 Å². The number of hydrogen-bond acceptors (Lipinski definition) is 6. The molecule has 27 heavy (non-hydrogen) atoms. The third-order valence-electron chi connectivity index (χ3n) is 5.45. The highest BCUT2D eigenvalue weighted by molar-refractivity contribution is 5.26. The summed E-state index contributed by atoms with van der Waals surface area (Å²) >= 11 is 0. The van der Waals surface area contributed by atoms with Crippen molar-refractivity contribution in [1.82, 2.24) is 14.9 Å². The van der Waals surface area contributed by atoms with E-state index in [-0.39, 0.29) is 11.5 Å². The first-order valence-electron chi connectivity index (χ1n) is 9.28. The van der Waals surface area contributed by atoms with E-state index in [0.717, 1.165) is 44.6 Å². The molecule has 4 heterocycles. The summed E-state index contributed by atoms with van der Waals surface area (Å²) in [5, 5.41) is 0. The molecular weight excluding hydrogens is 349 g/mol. The van der Waals surface area contributed by atoms with Crippen LogP contribution in [0.2, 0.25) is 0 Å². The van der Waals surface area contributed by atoms with Crippen LogP contribution in [0.5, 0.6) is 11.8 Å². The Morgan fingerprint density at radius 1 is 1.22 bits per heavy atom. The standard InChI is InChI=1S/C20H24FN3O3/c1-25-18-15(4-2-8-22-18)12-24-13-20(14-24)16(7-11-27-20)6-10-26-19-17(21)5-3-9-23-19/h2-5,8-9,16H,6-7,10-14H2,1H3/t16-/m1/s1. The second-order valence-electron chi connectivity index (χ2n) is 7.14. The summed E-state index contributed by atoms with van der Waals surface area (Å²) in [4.78, 5) is 10.5. The molecule has 2 aliphatic heterocycles. The Morgan fingerprint density at radius 2 is 2.00 bits per heavy atom. The second-order valence-corrected chi connectivity index (χ2v) is 7.14. The lowest BCUT2D eigenvalue weighted by molar-refractivity contribution is -0.138. The molecule has 0 saturated carbocycles. The smallest absolute Gasteiger partial charge is 0.250 e. The number of aromatic nitrogens is 2. The van der Waals surface area contributed by atoms with E-state index in [2.05, 4.69) is 14.9 Å². The Bertz CT molecular complexity index is 783. The highest BCUT2D eigenvalue weighted by atomic mass is 19.1. The van der Waals surface area contributed by atoms with Crippen LogP contribution in [-0.2, 0) is 11.3 Å². The SMILES string of the molecule is COc1ncccc1CN1CC2(C1)OCC[C@H]2CCOc1ncccc1F. The molecule has 7 heteroatoms. The number of rotatable bonds is 7. The van der Waals surface area contributed by atoms with Crippen molar-refractivity contribution in [2.75, 3.05) is 33.4 Å². The quantitative estimate of drug-likeness (QED) is 0.744. The number of methoxy groups -OCH3 is 1. The molecule has 2 aliphatic rings. The van der Waals surface area contributed by atoms with Crippen LogP contribution in [0.1, 0.15) is 18.4 Å². The van der Waals surface area contributed by atoms with Gasteiger partial charge in [0.2, 0.25) is 11.8 Å². The number of hydrogen-bond donors (Lipinski definition) is 0. The normalized spacial score (nSPS) is 21.2. The zero-order valence-electron chi connectivity index (χ0n) is 15.4. The van der Waals surface area contributed by atoms with Crippen molar-refractivity contribution in [3.63, 3.8) is 0 Å². The van der Waals surface area contributed by atoms with Gasteiger partial charge in [-0.15, -0.1) is 0 Å². The van der Waals surface area contributed by atoms with Gasteiger partial charge >= 0.3 is 0 Å². The van der Waals surface area contributed by atoms with Gasteiger partial charge in [0.05, 0.1) is 19.3 Å². The minimum absolute atomic E-state index is 0.0735. The van der Waals surface area contributed by atoms with Gasteiger partial charge in [-0.05, 0) is 37.0 Å². The van der Waals surface area contributed by atoms with Crippen molar-refractivity contribution < 1.29 is 18.6 Å². The Hall–Kier alpha value is -2.25. The molecule has 1 atom stereocenters. The van der Waals surface area contributed by atoms with Crippen molar-refractivity contribution in [2.24, 2.45) is 5.92 Å². The summed E-state index contributed by atoms with van der Waals surface area (Å²) in [6, 6.07) is 6.89. The van der Waals surface area contributed by atoms with E-state index in [1.54, 1.807) is 19.4 Å². The van der Waals surface area contributed by atoms with Crippen molar-refractivity contribution >= 4 is 0 Å². The molecule has 0 unspecified atom stereocenters. The highest BCUT2D eigenvalue weighted by Crippen LogP contribution is 2.42. The van der Waals surface area contributed by atoms with Crippen molar-refractivity contribution in [1.29, 1.82) is 0 Å². The van der Waals surface area contributed by atoms with Gasteiger partial charge in [-0.3, -0.25) is 4.90 Å². The Labute approximate surface area is 158 Å². The second kappa shape index (κ2) is 7.78. The summed E-state index contributed by atoms with van der Waals surface area (Å²) in [5.74, 6) is 0.740. The first kappa shape index (κ1) is 18.1. The molecule has 2 aromatic heterocycles. The van der Waals surface area contributed by atoms with Crippen LogP contribution in [0.4, 0.5) is 4.39 Å². The van der Waals surface area contributed by atoms with E-state index >= 15 is 0 Å². The number of halogens is 1. The average molecular weight is 373 g/mol. The predicted molar refractivity (Wildman–Crippen MR) is 97.2 cm³/mol. The zero-order valence-corrected chi connectivity index (χ0v) is 15.4. The molecule has 0 bridgehead atoms. The lowest BCUT2D eigenvalue weighted by Gasteiger charge is -2.50. The third kappa shape index (κ3) is 3.75. The minimum atomic E-state index is -0.421. The van der Waals surface area contributed by atoms with Crippen molar-refractivity contribution in [2.45, 2.75) is 25.0 Å². The molecule has 0 amide bonds. The van der Waals surface area contributed by atoms with Gasteiger partial charge in [-0.2, -0.15) is 0 Å². The van der Waals surface area contributed by atoms with Crippen LogP contribution in [0.25, 0.3) is 0 Å². The van der Waals surface area contributed by atoms with Crippen molar-refractivity contribution in [3.8, 4) is 11.8 Å². The Kier molecular flexibility index (Phi) is 5.22. The molecule has 0 aromatic carbocycles. The van der Waals surface area contributed by atoms with Gasteiger partial charge in [-0.25, -0.2) is 14.4 Å². The Morgan fingerprint density at radius 3 is 2.78 bits per heavy atom. The van der Waals surface area contributed by atoms with Crippen LogP contribution in [-0.4, -0.2) is 53.9 Å². The number of ether oxygens (including phenoxy) is 3. The van der Waals surface area contributed by atoms with Gasteiger partial charge in [0.25, 0.3) is 0 Å². The highest BCUT2D eigenvalue weighted by Gasteiger charge is 2.52. The first-order chi connectivity index (χ1) is 13.2. The number of pyridine rings is 2. The maximum atomic E-state index is 13.6. The fourth-order valence-electron chi connectivity index (χ4n) is 4.11. The molecule has 2 aromatic rings. The maximum Gasteiger partial charge on any atom is 0.250 e. The molecule has 2 saturated heterocycles. The van der Waals surface area contributed by atoms with Gasteiger partial charge < -0.3 is 14.2 Å². The monoisotopic (exact) mass is 373 g/mol. The van der Waals surface area contributed by atoms with Crippen LogP contribution in [0.3, 0.4) is 0 Å². The van der Waals surface area contributed by atoms with Gasteiger partial charge in [-0.1, -0.05) is 6.07 Å². The van der Waals surface area contributed by atoms with Gasteiger partial charge in [0, 0.05) is 44.2 Å². The summed E-state index contributed by atoms with van der Waals surface area (Å²) in [5.41, 5.74) is 0.972. The molecule has 0 aliphatic carbocycles. The fourth-order valence-corrected chi connectivity index (χ4v) is 4.11. The van der Waals surface area contributed by atoms with Crippen LogP contribution < -0.4 is 9.47 Å². The fraction of sp³-hybridized carbons (Fsp3) is 0.500. The third-order valence-corrected chi connectivity index (χ3v) is 5.45. The Balaban J connectivity index is 1.30. The lowest BCUT2D eigenvalue weighted by Crippen LogP contribution is -2.64. The van der Waals surface area contributed by atoms with Crippen LogP contribution in [0, 0.1) is 11.7 Å². The molecular formula is C20H24FN3O3. The van der Waals surface area contributed by atoms with E-state index in [1.165, 1.54) is 12.3 Å². The summed E-state index contributed by atoms with van der Waals surface area (Å²) in [6.07, 6.45) is 5.12. The molecule has 144 valence electrons. The summed E-state index contributed by atoms with van der Waals surface area (Å²) < 4.78 is 30.6. The predicted octanol–water partition coefficient (Wildman–Crippen LogP) is 2.68. The zero-order chi connectivity index (χ0) is 18.7. The molecule has 0 radical (unpaired) electrons. The molecule has 6 nitrogen and oxygen atoms in total. The first-order valence-corrected chi connectivity index (χ1v) is 9.28. The molecule has 4 rings (SSSR count). The summed E-state index contributed by atoms with van der Waals surface area (Å²) in [6.45, 7) is 3.78. The topological polar surface area (TPSA) is 56.7 Å². The maximum absolute atomic E-state index is 13.6. The molecule has 0 N–H and O–H groups in total. The number of likely N-dealkylation sites (tertiary alicyclic amines) is 1. The van der Waals surface area contributed by atoms with Gasteiger partial charge in [0.15, 0.2) is 5.82 Å². The molecule has 2 fully saturated rings. The molecule has 1 spiro atoms. The van der Waals surface area contributed by atoms with Crippen LogP contribution >= 0.6 is 0 Å². The largest absolute Gasteiger partial charge is 0.481 e. The van der Waals surface area contributed by atoms with E-state index < -0.39 is 5.82 Å². The van der Waals surface area contributed by atoms with Crippen molar-refractivity contribution in [3.05, 3.63) is 48.0 Å². The van der Waals surface area contributed by atoms with Crippen LogP contribution in [0.15, 0.2) is 36.7 Å². The minimum Gasteiger partial charge on any atom is -0.481 e.